The molecular formula is C16H26O8. The van der Waals surface area contributed by atoms with Gasteiger partial charge in [0.25, 0.3) is 0 Å². The lowest BCUT2D eigenvalue weighted by molar-refractivity contribution is -0.143. The van der Waals surface area contributed by atoms with Crippen molar-refractivity contribution in [1.82, 2.24) is 0 Å². The van der Waals surface area contributed by atoms with Gasteiger partial charge in [0.1, 0.15) is 25.4 Å². The number of hydrogen-bond acceptors (Lipinski definition) is 8. The van der Waals surface area contributed by atoms with E-state index in [1.54, 1.807) is 26.0 Å². The maximum atomic E-state index is 11.0. The van der Waals surface area contributed by atoms with Crippen molar-refractivity contribution in [2.75, 3.05) is 39.6 Å². The van der Waals surface area contributed by atoms with Crippen LogP contribution in [0.2, 0.25) is 0 Å². The highest BCUT2D eigenvalue weighted by molar-refractivity contribution is 5.82. The molecule has 0 radical (unpaired) electrons. The van der Waals surface area contributed by atoms with Gasteiger partial charge >= 0.3 is 11.9 Å². The number of ether oxygens (including phenoxy) is 4. The minimum atomic E-state index is -0.921. The lowest BCUT2D eigenvalue weighted by Gasteiger charge is -2.13. The van der Waals surface area contributed by atoms with Crippen molar-refractivity contribution in [2.24, 2.45) is 0 Å². The van der Waals surface area contributed by atoms with E-state index in [1.807, 2.05) is 0 Å². The van der Waals surface area contributed by atoms with E-state index in [1.165, 1.54) is 12.2 Å². The molecule has 24 heavy (non-hydrogen) atoms. The van der Waals surface area contributed by atoms with E-state index in [2.05, 4.69) is 0 Å². The average Bonchev–Trinajstić information content (AvgIpc) is 2.54. The fraction of sp³-hybridized carbons (Fsp3) is 0.625. The number of carbonyl (C=O) groups excluding carboxylic acids is 2. The zero-order chi connectivity index (χ0) is 18.2. The Bertz CT molecular complexity index is 367. The number of hydrogen-bond donors (Lipinski definition) is 2. The molecule has 0 rings (SSSR count). The van der Waals surface area contributed by atoms with Crippen LogP contribution in [-0.2, 0) is 28.5 Å². The first-order chi connectivity index (χ1) is 11.5. The Hall–Kier alpha value is -1.74. The molecule has 8 nitrogen and oxygen atoms in total. The molecule has 0 aliphatic heterocycles. The molecule has 0 aromatic carbocycles. The quantitative estimate of drug-likeness (QED) is 0.272. The molecule has 2 N–H and O–H groups in total. The van der Waals surface area contributed by atoms with E-state index < -0.39 is 24.1 Å². The van der Waals surface area contributed by atoms with Crippen molar-refractivity contribution in [1.29, 1.82) is 0 Å². The number of esters is 2. The third-order valence-electron chi connectivity index (χ3n) is 2.43. The van der Waals surface area contributed by atoms with Crippen molar-refractivity contribution >= 4 is 11.9 Å². The Morgan fingerprint density at radius 1 is 0.792 bits per heavy atom. The summed E-state index contributed by atoms with van der Waals surface area (Å²) in [4.78, 5) is 22.0. The van der Waals surface area contributed by atoms with E-state index in [4.69, 9.17) is 18.9 Å². The molecule has 0 aromatic rings. The van der Waals surface area contributed by atoms with Crippen molar-refractivity contribution in [3.05, 3.63) is 24.3 Å². The second-order valence-electron chi connectivity index (χ2n) is 4.72. The fourth-order valence-electron chi connectivity index (χ4n) is 1.38. The first-order valence-corrected chi connectivity index (χ1v) is 7.60. The first-order valence-electron chi connectivity index (χ1n) is 7.60. The molecule has 8 heteroatoms. The molecular weight excluding hydrogens is 320 g/mol. The molecule has 2 atom stereocenters. The van der Waals surface area contributed by atoms with Gasteiger partial charge in [-0.05, 0) is 13.8 Å². The third kappa shape index (κ3) is 13.9. The second kappa shape index (κ2) is 14.8. The molecule has 0 fully saturated rings. The van der Waals surface area contributed by atoms with Crippen molar-refractivity contribution in [2.45, 2.75) is 26.1 Å². The molecule has 138 valence electrons. The lowest BCUT2D eigenvalue weighted by atomic mass is 10.4. The molecule has 0 saturated carbocycles. The Labute approximate surface area is 141 Å². The lowest BCUT2D eigenvalue weighted by Crippen LogP contribution is -2.26. The predicted molar refractivity (Wildman–Crippen MR) is 85.2 cm³/mol. The largest absolute Gasteiger partial charge is 0.460 e. The Morgan fingerprint density at radius 3 is 1.50 bits per heavy atom. The topological polar surface area (TPSA) is 112 Å². The van der Waals surface area contributed by atoms with Crippen LogP contribution >= 0.6 is 0 Å². The molecule has 0 amide bonds. The van der Waals surface area contributed by atoms with Gasteiger partial charge in [0.2, 0.25) is 0 Å². The van der Waals surface area contributed by atoms with Crippen LogP contribution in [0.1, 0.15) is 13.8 Å². The second-order valence-corrected chi connectivity index (χ2v) is 4.72. The minimum Gasteiger partial charge on any atom is -0.460 e. The maximum Gasteiger partial charge on any atom is 0.330 e. The molecule has 0 spiro atoms. The zero-order valence-electron chi connectivity index (χ0n) is 14.1. The van der Waals surface area contributed by atoms with Gasteiger partial charge in [-0.1, -0.05) is 12.2 Å². The number of allylic oxidation sites excluding steroid dienone is 2. The summed E-state index contributed by atoms with van der Waals surface area (Å²) in [6.07, 6.45) is 3.74. The predicted octanol–water partition coefficient (Wildman–Crippen LogP) is -0.0200. The highest BCUT2D eigenvalue weighted by Crippen LogP contribution is 1.92. The van der Waals surface area contributed by atoms with Crippen LogP contribution in [0, 0.1) is 0 Å². The van der Waals surface area contributed by atoms with Gasteiger partial charge in [0.15, 0.2) is 0 Å². The number of carbonyl (C=O) groups is 2. The fourth-order valence-corrected chi connectivity index (χ4v) is 1.38. The van der Waals surface area contributed by atoms with Gasteiger partial charge in [0, 0.05) is 12.2 Å². The standard InChI is InChI=1S/C16H26O8/c1-3-5-15(19)23-11-13(17)9-21-7-8-22-10-14(18)12-24-16(20)6-4-2/h3-6,13-14,17-18H,7-12H2,1-2H3. The summed E-state index contributed by atoms with van der Waals surface area (Å²) >= 11 is 0. The first kappa shape index (κ1) is 22.3. The summed E-state index contributed by atoms with van der Waals surface area (Å²) in [7, 11) is 0. The Balaban J connectivity index is 3.52. The molecule has 0 aliphatic carbocycles. The Kier molecular flexibility index (Phi) is 13.8. The number of rotatable bonds is 13. The van der Waals surface area contributed by atoms with Crippen molar-refractivity contribution < 1.29 is 38.7 Å². The molecule has 0 saturated heterocycles. The van der Waals surface area contributed by atoms with Crippen LogP contribution in [0.25, 0.3) is 0 Å². The van der Waals surface area contributed by atoms with Crippen LogP contribution < -0.4 is 0 Å². The van der Waals surface area contributed by atoms with Crippen molar-refractivity contribution in [3.8, 4) is 0 Å². The third-order valence-corrected chi connectivity index (χ3v) is 2.43. The monoisotopic (exact) mass is 346 g/mol. The van der Waals surface area contributed by atoms with Gasteiger partial charge in [-0.2, -0.15) is 0 Å². The average molecular weight is 346 g/mol. The van der Waals surface area contributed by atoms with E-state index in [0.717, 1.165) is 0 Å². The van der Waals surface area contributed by atoms with Crippen LogP contribution in [0.3, 0.4) is 0 Å². The summed E-state index contributed by atoms with van der Waals surface area (Å²) in [6, 6.07) is 0. The molecule has 0 aromatic heterocycles. The summed E-state index contributed by atoms with van der Waals surface area (Å²) in [5, 5.41) is 19.0. The van der Waals surface area contributed by atoms with Crippen LogP contribution in [-0.4, -0.2) is 74.0 Å². The van der Waals surface area contributed by atoms with Gasteiger partial charge in [-0.15, -0.1) is 0 Å². The van der Waals surface area contributed by atoms with Crippen LogP contribution in [0.15, 0.2) is 24.3 Å². The summed E-state index contributed by atoms with van der Waals surface area (Å²) < 4.78 is 19.8. The summed E-state index contributed by atoms with van der Waals surface area (Å²) in [5.74, 6) is -1.05. The molecule has 0 aliphatic rings. The smallest absolute Gasteiger partial charge is 0.330 e. The normalized spacial score (nSPS) is 14.0. The van der Waals surface area contributed by atoms with E-state index in [0.29, 0.717) is 0 Å². The van der Waals surface area contributed by atoms with Gasteiger partial charge < -0.3 is 29.2 Å². The highest BCUT2D eigenvalue weighted by Gasteiger charge is 2.09. The number of aliphatic hydroxyl groups is 2. The number of aliphatic hydroxyl groups excluding tert-OH is 2. The zero-order valence-corrected chi connectivity index (χ0v) is 14.1. The van der Waals surface area contributed by atoms with E-state index >= 15 is 0 Å². The Morgan fingerprint density at radius 2 is 1.17 bits per heavy atom. The van der Waals surface area contributed by atoms with Gasteiger partial charge in [-0.25, -0.2) is 9.59 Å². The van der Waals surface area contributed by atoms with Gasteiger partial charge in [0.05, 0.1) is 26.4 Å². The molecule has 2 unspecified atom stereocenters. The highest BCUT2D eigenvalue weighted by atomic mass is 16.6. The summed E-state index contributed by atoms with van der Waals surface area (Å²) in [6.45, 7) is 3.45. The maximum absolute atomic E-state index is 11.0. The summed E-state index contributed by atoms with van der Waals surface area (Å²) in [5.41, 5.74) is 0. The molecule has 0 heterocycles. The molecule has 0 bridgehead atoms. The SMILES string of the molecule is CC=CC(=O)OCC(O)COCCOCC(O)COC(=O)C=CC. The van der Waals surface area contributed by atoms with Crippen molar-refractivity contribution in [3.63, 3.8) is 0 Å². The van der Waals surface area contributed by atoms with E-state index in [-0.39, 0.29) is 39.6 Å². The van der Waals surface area contributed by atoms with E-state index in [9.17, 15) is 19.8 Å². The van der Waals surface area contributed by atoms with Crippen LogP contribution in [0.4, 0.5) is 0 Å². The minimum absolute atomic E-state index is 0.00397. The van der Waals surface area contributed by atoms with Crippen LogP contribution in [0.5, 0.6) is 0 Å². The van der Waals surface area contributed by atoms with Gasteiger partial charge in [-0.3, -0.25) is 0 Å².